The average molecular weight is 446 g/mol. The van der Waals surface area contributed by atoms with Crippen molar-refractivity contribution in [2.24, 2.45) is 0 Å². The predicted octanol–water partition coefficient (Wildman–Crippen LogP) is 3.95. The smallest absolute Gasteiger partial charge is 0.315 e. The molecule has 2 aromatic carbocycles. The monoisotopic (exact) mass is 445 g/mol. The largest absolute Gasteiger partial charge is 0.345 e. The molecule has 7 heteroatoms. The number of hydrogen-bond donors (Lipinski definition) is 3. The van der Waals surface area contributed by atoms with Crippen LogP contribution in [0.2, 0.25) is 0 Å². The minimum atomic E-state index is -0.201. The van der Waals surface area contributed by atoms with Gasteiger partial charge in [0, 0.05) is 29.4 Å². The minimum absolute atomic E-state index is 0.0353. The maximum Gasteiger partial charge on any atom is 0.315 e. The standard InChI is InChI=1S/C26H31N5O2/c1-18(2)29-26(33)27-15-19-11-13-21(14-12-19)25(32)30-23-9-6-10-24-22(23)16-28-31(24)17-20-7-4-3-5-8-20/h3-5,7-8,11-14,16,18,23H,6,9-10,15,17H2,1-2H3,(H,30,32)(H2,27,29,33). The molecule has 1 aliphatic rings. The third-order valence-electron chi connectivity index (χ3n) is 5.83. The van der Waals surface area contributed by atoms with E-state index in [1.165, 1.54) is 11.3 Å². The van der Waals surface area contributed by atoms with Crippen LogP contribution in [0.1, 0.15) is 65.5 Å². The second kappa shape index (κ2) is 10.3. The van der Waals surface area contributed by atoms with Gasteiger partial charge in [-0.25, -0.2) is 4.79 Å². The molecule has 3 amide bonds. The van der Waals surface area contributed by atoms with Gasteiger partial charge in [-0.05, 0) is 56.4 Å². The van der Waals surface area contributed by atoms with Gasteiger partial charge in [0.15, 0.2) is 0 Å². The topological polar surface area (TPSA) is 88.1 Å². The number of amides is 3. The van der Waals surface area contributed by atoms with Gasteiger partial charge < -0.3 is 16.0 Å². The molecule has 1 heterocycles. The van der Waals surface area contributed by atoms with Gasteiger partial charge in [0.2, 0.25) is 0 Å². The quantitative estimate of drug-likeness (QED) is 0.515. The number of fused-ring (bicyclic) bond motifs is 1. The summed E-state index contributed by atoms with van der Waals surface area (Å²) in [5.41, 5.74) is 5.08. The van der Waals surface area contributed by atoms with Crippen molar-refractivity contribution in [2.45, 2.75) is 58.3 Å². The summed E-state index contributed by atoms with van der Waals surface area (Å²) >= 11 is 0. The fraction of sp³-hybridized carbons (Fsp3) is 0.346. The van der Waals surface area contributed by atoms with Gasteiger partial charge in [-0.1, -0.05) is 42.5 Å². The van der Waals surface area contributed by atoms with Gasteiger partial charge in [-0.3, -0.25) is 9.48 Å². The van der Waals surface area contributed by atoms with Crippen molar-refractivity contribution in [3.63, 3.8) is 0 Å². The van der Waals surface area contributed by atoms with Crippen molar-refractivity contribution in [1.29, 1.82) is 0 Å². The van der Waals surface area contributed by atoms with E-state index in [4.69, 9.17) is 0 Å². The summed E-state index contributed by atoms with van der Waals surface area (Å²) in [6.07, 6.45) is 4.80. The van der Waals surface area contributed by atoms with Crippen LogP contribution < -0.4 is 16.0 Å². The molecule has 172 valence electrons. The fourth-order valence-corrected chi connectivity index (χ4v) is 4.17. The zero-order valence-electron chi connectivity index (χ0n) is 19.2. The predicted molar refractivity (Wildman–Crippen MR) is 128 cm³/mol. The van der Waals surface area contributed by atoms with Crippen molar-refractivity contribution < 1.29 is 9.59 Å². The lowest BCUT2D eigenvalue weighted by atomic mass is 9.92. The molecule has 0 spiro atoms. The number of aromatic nitrogens is 2. The van der Waals surface area contributed by atoms with Crippen molar-refractivity contribution in [3.8, 4) is 0 Å². The van der Waals surface area contributed by atoms with E-state index in [0.717, 1.165) is 36.9 Å². The van der Waals surface area contributed by atoms with Gasteiger partial charge in [0.05, 0.1) is 18.8 Å². The maximum atomic E-state index is 12.9. The SMILES string of the molecule is CC(C)NC(=O)NCc1ccc(C(=O)NC2CCCc3c2cnn3Cc2ccccc2)cc1. The molecule has 0 aliphatic heterocycles. The van der Waals surface area contributed by atoms with Crippen LogP contribution in [0.5, 0.6) is 0 Å². The van der Waals surface area contributed by atoms with E-state index in [1.807, 2.05) is 50.4 Å². The van der Waals surface area contributed by atoms with E-state index in [9.17, 15) is 9.59 Å². The fourth-order valence-electron chi connectivity index (χ4n) is 4.17. The molecule has 0 saturated heterocycles. The van der Waals surface area contributed by atoms with Crippen LogP contribution in [-0.4, -0.2) is 27.8 Å². The zero-order chi connectivity index (χ0) is 23.2. The third-order valence-corrected chi connectivity index (χ3v) is 5.83. The number of carbonyl (C=O) groups excluding carboxylic acids is 2. The molecular weight excluding hydrogens is 414 g/mol. The second-order valence-electron chi connectivity index (χ2n) is 8.79. The Balaban J connectivity index is 1.37. The first-order valence-corrected chi connectivity index (χ1v) is 11.5. The molecule has 3 N–H and O–H groups in total. The first kappa shape index (κ1) is 22.6. The first-order chi connectivity index (χ1) is 16.0. The summed E-state index contributed by atoms with van der Waals surface area (Å²) < 4.78 is 2.06. The highest BCUT2D eigenvalue weighted by atomic mass is 16.2. The van der Waals surface area contributed by atoms with Crippen LogP contribution in [0.3, 0.4) is 0 Å². The Hall–Kier alpha value is -3.61. The molecule has 1 atom stereocenters. The molecule has 1 aromatic heterocycles. The van der Waals surface area contributed by atoms with E-state index in [2.05, 4.69) is 37.9 Å². The summed E-state index contributed by atoms with van der Waals surface area (Å²) in [7, 11) is 0. The Kier molecular flexibility index (Phi) is 7.07. The van der Waals surface area contributed by atoms with E-state index in [1.54, 1.807) is 12.1 Å². The van der Waals surface area contributed by atoms with Crippen molar-refractivity contribution >= 4 is 11.9 Å². The maximum absolute atomic E-state index is 12.9. The van der Waals surface area contributed by atoms with Crippen molar-refractivity contribution in [1.82, 2.24) is 25.7 Å². The number of nitrogens with zero attached hydrogens (tertiary/aromatic N) is 2. The minimum Gasteiger partial charge on any atom is -0.345 e. The molecule has 0 radical (unpaired) electrons. The molecule has 0 bridgehead atoms. The van der Waals surface area contributed by atoms with E-state index in [0.29, 0.717) is 12.1 Å². The lowest BCUT2D eigenvalue weighted by Crippen LogP contribution is -2.39. The van der Waals surface area contributed by atoms with Gasteiger partial charge >= 0.3 is 6.03 Å². The molecule has 3 aromatic rings. The van der Waals surface area contributed by atoms with E-state index < -0.39 is 0 Å². The molecule has 1 unspecified atom stereocenters. The summed E-state index contributed by atoms with van der Waals surface area (Å²) in [6.45, 7) is 4.97. The van der Waals surface area contributed by atoms with E-state index >= 15 is 0 Å². The lowest BCUT2D eigenvalue weighted by molar-refractivity contribution is 0.0932. The Morgan fingerprint density at radius 2 is 1.82 bits per heavy atom. The van der Waals surface area contributed by atoms with Crippen LogP contribution in [-0.2, 0) is 19.5 Å². The zero-order valence-corrected chi connectivity index (χ0v) is 19.2. The van der Waals surface area contributed by atoms with Crippen LogP contribution in [0.25, 0.3) is 0 Å². The molecule has 33 heavy (non-hydrogen) atoms. The summed E-state index contributed by atoms with van der Waals surface area (Å²) in [6, 6.07) is 17.5. The molecular formula is C26H31N5O2. The van der Waals surface area contributed by atoms with E-state index in [-0.39, 0.29) is 24.0 Å². The first-order valence-electron chi connectivity index (χ1n) is 11.5. The highest BCUT2D eigenvalue weighted by Gasteiger charge is 2.26. The molecule has 4 rings (SSSR count). The normalized spacial score (nSPS) is 15.1. The van der Waals surface area contributed by atoms with Crippen LogP contribution in [0.4, 0.5) is 4.79 Å². The molecule has 0 saturated carbocycles. The number of urea groups is 1. The molecule has 0 fully saturated rings. The van der Waals surface area contributed by atoms with Crippen molar-refractivity contribution in [3.05, 3.63) is 88.7 Å². The lowest BCUT2D eigenvalue weighted by Gasteiger charge is -2.24. The summed E-state index contributed by atoms with van der Waals surface area (Å²) in [4.78, 5) is 24.6. The van der Waals surface area contributed by atoms with Gasteiger partial charge in [-0.2, -0.15) is 5.10 Å². The van der Waals surface area contributed by atoms with Crippen LogP contribution >= 0.6 is 0 Å². The number of carbonyl (C=O) groups is 2. The Labute approximate surface area is 194 Å². The second-order valence-corrected chi connectivity index (χ2v) is 8.79. The highest BCUT2D eigenvalue weighted by Crippen LogP contribution is 2.30. The van der Waals surface area contributed by atoms with Crippen molar-refractivity contribution in [2.75, 3.05) is 0 Å². The molecule has 1 aliphatic carbocycles. The van der Waals surface area contributed by atoms with Crippen LogP contribution in [0.15, 0.2) is 60.8 Å². The summed E-state index contributed by atoms with van der Waals surface area (Å²) in [5.74, 6) is -0.0966. The number of rotatable bonds is 7. The van der Waals surface area contributed by atoms with Gasteiger partial charge in [0.25, 0.3) is 5.91 Å². The number of hydrogen-bond acceptors (Lipinski definition) is 3. The number of nitrogens with one attached hydrogen (secondary N) is 3. The summed E-state index contributed by atoms with van der Waals surface area (Å²) in [5, 5.41) is 13.4. The highest BCUT2D eigenvalue weighted by molar-refractivity contribution is 5.94. The molecule has 7 nitrogen and oxygen atoms in total. The third kappa shape index (κ3) is 5.80. The Morgan fingerprint density at radius 1 is 1.06 bits per heavy atom. The van der Waals surface area contributed by atoms with Crippen LogP contribution in [0, 0.1) is 0 Å². The van der Waals surface area contributed by atoms with Gasteiger partial charge in [0.1, 0.15) is 0 Å². The van der Waals surface area contributed by atoms with Gasteiger partial charge in [-0.15, -0.1) is 0 Å². The Bertz CT molecular complexity index is 1090. The average Bonchev–Trinajstić information content (AvgIpc) is 3.22. The Morgan fingerprint density at radius 3 is 2.55 bits per heavy atom. The number of benzene rings is 2.